The summed E-state index contributed by atoms with van der Waals surface area (Å²) in [7, 11) is 0. The molecule has 96 heavy (non-hydrogen) atoms. The number of carbonyl (C=O) groups is 8. The standard InChI is InChI=1S/C80H108F4O12/c1-5-9-21-37-61-45-49-65-57(53-69(81)77(65)89)33-25-14-18-30-42-74(86)94-63(39-23-11-7-3)47-51-67-59(55-71(83)79(67)91)35-27-16-20-32-44-76(88)96-64(40-24-12-8-4)48-52-68-60(56-72(84)80(68)92)36-28-15-19-31-43-75(87)95-62(38-22-10-6-2)46-50-66-58(54-70(82)78(66)90)34-26-13-17-29-41-73(85)93-61/h13-16,25-28,49-64H,5-12,17-24,29-48H2,1-4H3/t57-,58?,59?,60-,61-,62+,63+,64-/m0/s1. The summed E-state index contributed by atoms with van der Waals surface area (Å²) in [6.07, 6.45) is 44.9. The van der Waals surface area contributed by atoms with Gasteiger partial charge in [-0.05, 0) is 153 Å². The van der Waals surface area contributed by atoms with Crippen LogP contribution in [0.2, 0.25) is 0 Å². The molecule has 16 heteroatoms. The van der Waals surface area contributed by atoms with E-state index in [9.17, 15) is 55.9 Å². The molecule has 5 rings (SSSR count). The summed E-state index contributed by atoms with van der Waals surface area (Å²) in [5.41, 5.74) is 1.24. The van der Waals surface area contributed by atoms with Crippen molar-refractivity contribution in [3.05, 3.63) is 143 Å². The van der Waals surface area contributed by atoms with E-state index in [0.717, 1.165) is 77.0 Å². The lowest BCUT2D eigenvalue weighted by Gasteiger charge is -2.18. The summed E-state index contributed by atoms with van der Waals surface area (Å²) in [6, 6.07) is 0. The first-order valence-electron chi connectivity index (χ1n) is 36.3. The average Bonchev–Trinajstić information content (AvgIpc) is 1.79. The highest BCUT2D eigenvalue weighted by atomic mass is 19.1. The number of unbranched alkanes of at least 4 members (excludes halogenated alkanes) is 8. The third kappa shape index (κ3) is 29.1. The third-order valence-corrected chi connectivity index (χ3v) is 18.3. The van der Waals surface area contributed by atoms with Gasteiger partial charge in [-0.15, -0.1) is 0 Å². The summed E-state index contributed by atoms with van der Waals surface area (Å²) >= 11 is 0. The molecular weight excluding hydrogens is 1230 g/mol. The lowest BCUT2D eigenvalue weighted by Crippen LogP contribution is -2.18. The third-order valence-electron chi connectivity index (χ3n) is 18.3. The first-order chi connectivity index (χ1) is 46.5. The number of fused-ring (bicyclic) bond motifs is 4. The molecule has 0 fully saturated rings. The second kappa shape index (κ2) is 45.6. The van der Waals surface area contributed by atoms with Crippen molar-refractivity contribution in [2.45, 2.75) is 283 Å². The number of hydrogen-bond acceptors (Lipinski definition) is 12. The molecule has 8 atom stereocenters. The zero-order valence-corrected chi connectivity index (χ0v) is 57.7. The minimum atomic E-state index is -0.827. The highest BCUT2D eigenvalue weighted by Gasteiger charge is 2.34. The number of ether oxygens (including phenoxy) is 4. The normalized spacial score (nSPS) is 25.8. The van der Waals surface area contributed by atoms with Crippen LogP contribution in [-0.2, 0) is 57.3 Å². The predicted octanol–water partition coefficient (Wildman–Crippen LogP) is 19.9. The van der Waals surface area contributed by atoms with Crippen molar-refractivity contribution >= 4 is 47.0 Å². The number of carbonyl (C=O) groups excluding carboxylic acids is 8. The molecule has 4 aliphatic carbocycles. The molecule has 1 heterocycles. The zero-order valence-electron chi connectivity index (χ0n) is 57.7. The largest absolute Gasteiger partial charge is 0.462 e. The molecule has 12 nitrogen and oxygen atoms in total. The number of halogens is 4. The number of cyclic esters (lactones) is 4. The van der Waals surface area contributed by atoms with E-state index in [1.54, 1.807) is 24.3 Å². The van der Waals surface area contributed by atoms with Gasteiger partial charge < -0.3 is 18.9 Å². The Kier molecular flexibility index (Phi) is 37.9. The number of rotatable bonds is 16. The van der Waals surface area contributed by atoms with Gasteiger partial charge in [0.25, 0.3) is 0 Å². The quantitative estimate of drug-likeness (QED) is 0.0471. The zero-order chi connectivity index (χ0) is 69.5. The minimum absolute atomic E-state index is 0.130. The van der Waals surface area contributed by atoms with E-state index < -0.39 is 118 Å². The van der Waals surface area contributed by atoms with Crippen molar-refractivity contribution in [2.24, 2.45) is 23.7 Å². The molecule has 2 unspecified atom stereocenters. The van der Waals surface area contributed by atoms with Crippen molar-refractivity contribution in [3.8, 4) is 0 Å². The van der Waals surface area contributed by atoms with Gasteiger partial charge in [0, 0.05) is 97.3 Å². The molecule has 0 spiro atoms. The maximum atomic E-state index is 14.9. The van der Waals surface area contributed by atoms with Gasteiger partial charge in [-0.1, -0.05) is 152 Å². The van der Waals surface area contributed by atoms with E-state index in [4.69, 9.17) is 18.9 Å². The monoisotopic (exact) mass is 1340 g/mol. The second-order valence-electron chi connectivity index (χ2n) is 26.2. The van der Waals surface area contributed by atoms with E-state index in [-0.39, 0.29) is 51.4 Å². The highest BCUT2D eigenvalue weighted by Crippen LogP contribution is 2.36. The van der Waals surface area contributed by atoms with Gasteiger partial charge in [-0.2, -0.15) is 0 Å². The van der Waals surface area contributed by atoms with Gasteiger partial charge in [0.1, 0.15) is 24.4 Å². The Hall–Kier alpha value is -6.84. The van der Waals surface area contributed by atoms with Gasteiger partial charge in [0.15, 0.2) is 23.3 Å². The number of hydrogen-bond donors (Lipinski definition) is 0. The predicted molar refractivity (Wildman–Crippen MR) is 368 cm³/mol. The van der Waals surface area contributed by atoms with Crippen LogP contribution in [0.15, 0.2) is 143 Å². The Morgan fingerprint density at radius 3 is 0.708 bits per heavy atom. The molecule has 5 aliphatic rings. The molecule has 0 bridgehead atoms. The SMILES string of the molecule is CCCCC[C@H]1CC=C2C(=O)C(F)=C[C@@H]2CC=CCCCC(=O)O[C@H](CCCCC)CC=C2C(=O)C(F)=CC2CC=CCCCC(=O)O[C@@H](CCCCC)CC=C2C(=O)C(F)=C[C@@H]2CC=CCCCC(=O)O[C@H](CCCCC)CC=C2C(=O)C(F)=CC2CC=CCCCC(=O)O1. The molecule has 0 N–H and O–H groups in total. The van der Waals surface area contributed by atoms with Crippen LogP contribution in [0.4, 0.5) is 17.6 Å². The van der Waals surface area contributed by atoms with Crippen molar-refractivity contribution in [3.63, 3.8) is 0 Å². The fraction of sp³-hybridized carbons (Fsp3) is 0.600. The summed E-state index contributed by atoms with van der Waals surface area (Å²) in [5, 5.41) is 0. The van der Waals surface area contributed by atoms with Gasteiger partial charge in [-0.25, -0.2) is 17.6 Å². The lowest BCUT2D eigenvalue weighted by molar-refractivity contribution is -0.150. The topological polar surface area (TPSA) is 173 Å². The smallest absolute Gasteiger partial charge is 0.306 e. The van der Waals surface area contributed by atoms with Crippen LogP contribution in [0, 0.1) is 23.7 Å². The first-order valence-corrected chi connectivity index (χ1v) is 36.3. The van der Waals surface area contributed by atoms with E-state index >= 15 is 0 Å². The Morgan fingerprint density at radius 2 is 0.510 bits per heavy atom. The van der Waals surface area contributed by atoms with Crippen LogP contribution >= 0.6 is 0 Å². The fourth-order valence-corrected chi connectivity index (χ4v) is 12.7. The molecule has 0 aromatic heterocycles. The maximum absolute atomic E-state index is 14.9. The Morgan fingerprint density at radius 1 is 0.302 bits per heavy atom. The molecule has 0 saturated carbocycles. The van der Waals surface area contributed by atoms with Crippen LogP contribution in [0.25, 0.3) is 0 Å². The van der Waals surface area contributed by atoms with Gasteiger partial charge >= 0.3 is 23.9 Å². The van der Waals surface area contributed by atoms with Crippen LogP contribution in [0.5, 0.6) is 0 Å². The molecule has 0 aromatic carbocycles. The van der Waals surface area contributed by atoms with Crippen LogP contribution in [-0.4, -0.2) is 71.4 Å². The number of Topliss-reactive ketones (excluding diaryl/α,β-unsaturated/α-hetero) is 4. The van der Waals surface area contributed by atoms with Crippen molar-refractivity contribution in [2.75, 3.05) is 0 Å². The summed E-state index contributed by atoms with van der Waals surface area (Å²) in [5.74, 6) is -9.65. The Balaban J connectivity index is 1.28. The molecule has 0 aromatic rings. The van der Waals surface area contributed by atoms with E-state index in [0.29, 0.717) is 125 Å². The second-order valence-corrected chi connectivity index (χ2v) is 26.2. The van der Waals surface area contributed by atoms with E-state index in [1.807, 2.05) is 48.6 Å². The molecule has 528 valence electrons. The van der Waals surface area contributed by atoms with Crippen LogP contribution in [0.1, 0.15) is 259 Å². The summed E-state index contributed by atoms with van der Waals surface area (Å²) < 4.78 is 83.4. The van der Waals surface area contributed by atoms with E-state index in [2.05, 4.69) is 27.7 Å². The number of ketones is 4. The maximum Gasteiger partial charge on any atom is 0.306 e. The molecule has 1 aliphatic heterocycles. The number of esters is 4. The molecular formula is C80H108F4O12. The summed E-state index contributed by atoms with van der Waals surface area (Å²) in [4.78, 5) is 105. The molecule has 0 radical (unpaired) electrons. The fourth-order valence-electron chi connectivity index (χ4n) is 12.7. The van der Waals surface area contributed by atoms with E-state index in [1.165, 1.54) is 24.3 Å². The van der Waals surface area contributed by atoms with Crippen LogP contribution < -0.4 is 0 Å². The van der Waals surface area contributed by atoms with Gasteiger partial charge in [0.2, 0.25) is 23.1 Å². The minimum Gasteiger partial charge on any atom is -0.462 e. The van der Waals surface area contributed by atoms with Crippen molar-refractivity contribution < 1.29 is 74.9 Å². The van der Waals surface area contributed by atoms with Gasteiger partial charge in [0.05, 0.1) is 0 Å². The Labute approximate surface area is 569 Å². The first kappa shape index (κ1) is 79.8. The van der Waals surface area contributed by atoms with Crippen molar-refractivity contribution in [1.82, 2.24) is 0 Å². The molecule has 0 amide bonds. The lowest BCUT2D eigenvalue weighted by atomic mass is 9.95. The average molecular weight is 1340 g/mol. The number of allylic oxidation sites excluding steroid dienone is 20. The highest BCUT2D eigenvalue weighted by molar-refractivity contribution is 6.11. The van der Waals surface area contributed by atoms with Crippen molar-refractivity contribution in [1.29, 1.82) is 0 Å². The van der Waals surface area contributed by atoms with Gasteiger partial charge in [-0.3, -0.25) is 38.4 Å². The summed E-state index contributed by atoms with van der Waals surface area (Å²) in [6.45, 7) is 8.28. The Bertz CT molecular complexity index is 2570. The van der Waals surface area contributed by atoms with Crippen LogP contribution in [0.3, 0.4) is 0 Å². The molecule has 0 saturated heterocycles.